The van der Waals surface area contributed by atoms with Crippen LogP contribution in [0.4, 0.5) is 26.3 Å². The molecule has 2 nitrogen and oxygen atoms in total. The Morgan fingerprint density at radius 3 is 2.16 bits per heavy atom. The fraction of sp³-hybridized carbons (Fsp3) is 0.300. The largest absolute Gasteiger partial charge is 0.573 e. The molecular formula is C10H5BrF6O2. The molecule has 0 atom stereocenters. The number of carbonyl (C=O) groups excluding carboxylic acids is 1. The van der Waals surface area contributed by atoms with Crippen molar-refractivity contribution < 1.29 is 35.9 Å². The van der Waals surface area contributed by atoms with Crippen LogP contribution in [0.1, 0.15) is 15.9 Å². The monoisotopic (exact) mass is 350 g/mol. The van der Waals surface area contributed by atoms with Gasteiger partial charge in [-0.25, -0.2) is 0 Å². The van der Waals surface area contributed by atoms with E-state index in [1.807, 2.05) is 0 Å². The van der Waals surface area contributed by atoms with Crippen LogP contribution in [0.5, 0.6) is 5.75 Å². The molecule has 0 N–H and O–H groups in total. The molecule has 0 fully saturated rings. The zero-order valence-electron chi connectivity index (χ0n) is 8.90. The van der Waals surface area contributed by atoms with Gasteiger partial charge in [0.25, 0.3) is 0 Å². The van der Waals surface area contributed by atoms with Crippen molar-refractivity contribution in [2.75, 3.05) is 5.33 Å². The molecular weight excluding hydrogens is 346 g/mol. The molecule has 0 aliphatic rings. The molecule has 1 rings (SSSR count). The Morgan fingerprint density at radius 1 is 1.16 bits per heavy atom. The molecule has 0 aliphatic heterocycles. The molecule has 0 heterocycles. The summed E-state index contributed by atoms with van der Waals surface area (Å²) < 4.78 is 77.0. The van der Waals surface area contributed by atoms with Gasteiger partial charge in [0.2, 0.25) is 0 Å². The van der Waals surface area contributed by atoms with E-state index in [0.717, 1.165) is 6.07 Å². The van der Waals surface area contributed by atoms with Gasteiger partial charge < -0.3 is 4.74 Å². The van der Waals surface area contributed by atoms with Crippen molar-refractivity contribution in [2.24, 2.45) is 0 Å². The molecule has 1 aromatic carbocycles. The number of alkyl halides is 7. The molecule has 0 amide bonds. The van der Waals surface area contributed by atoms with E-state index in [4.69, 9.17) is 0 Å². The summed E-state index contributed by atoms with van der Waals surface area (Å²) in [6.07, 6.45) is -10.3. The van der Waals surface area contributed by atoms with Crippen LogP contribution in [0.2, 0.25) is 0 Å². The van der Waals surface area contributed by atoms with E-state index in [1.54, 1.807) is 0 Å². The van der Waals surface area contributed by atoms with E-state index in [-0.39, 0.29) is 10.9 Å². The Kier molecular flexibility index (Phi) is 4.49. The quantitative estimate of drug-likeness (QED) is 0.464. The van der Waals surface area contributed by atoms with Crippen molar-refractivity contribution in [3.8, 4) is 5.75 Å². The fourth-order valence-electron chi connectivity index (χ4n) is 1.22. The lowest BCUT2D eigenvalue weighted by Crippen LogP contribution is -2.20. The molecule has 0 aliphatic carbocycles. The van der Waals surface area contributed by atoms with Gasteiger partial charge in [0, 0.05) is 5.56 Å². The van der Waals surface area contributed by atoms with Gasteiger partial charge in [0.15, 0.2) is 5.78 Å². The van der Waals surface area contributed by atoms with E-state index in [0.29, 0.717) is 12.1 Å². The number of hydrogen-bond donors (Lipinski definition) is 0. The molecule has 1 aromatic rings. The predicted octanol–water partition coefficient (Wildman–Crippen LogP) is 4.18. The van der Waals surface area contributed by atoms with E-state index in [1.165, 1.54) is 0 Å². The van der Waals surface area contributed by atoms with Crippen LogP contribution in [0, 0.1) is 0 Å². The molecule has 19 heavy (non-hydrogen) atoms. The summed E-state index contributed by atoms with van der Waals surface area (Å²) in [7, 11) is 0. The number of ketones is 1. The van der Waals surface area contributed by atoms with Crippen LogP contribution < -0.4 is 4.74 Å². The lowest BCUT2D eigenvalue weighted by Gasteiger charge is -2.16. The van der Waals surface area contributed by atoms with Gasteiger partial charge in [-0.1, -0.05) is 15.9 Å². The van der Waals surface area contributed by atoms with Gasteiger partial charge in [0.1, 0.15) is 5.75 Å². The first-order valence-corrected chi connectivity index (χ1v) is 5.73. The molecule has 0 radical (unpaired) electrons. The van der Waals surface area contributed by atoms with Crippen LogP contribution in [0.25, 0.3) is 0 Å². The van der Waals surface area contributed by atoms with Crippen molar-refractivity contribution in [3.63, 3.8) is 0 Å². The number of benzene rings is 1. The Balaban J connectivity index is 3.29. The highest BCUT2D eigenvalue weighted by Gasteiger charge is 2.39. The van der Waals surface area contributed by atoms with E-state index >= 15 is 0 Å². The molecule has 0 aromatic heterocycles. The van der Waals surface area contributed by atoms with Crippen molar-refractivity contribution in [3.05, 3.63) is 29.3 Å². The molecule has 0 spiro atoms. The van der Waals surface area contributed by atoms with E-state index < -0.39 is 29.6 Å². The fourth-order valence-corrected chi connectivity index (χ4v) is 1.54. The highest BCUT2D eigenvalue weighted by molar-refractivity contribution is 9.09. The second kappa shape index (κ2) is 5.40. The van der Waals surface area contributed by atoms with E-state index in [2.05, 4.69) is 20.7 Å². The number of hydrogen-bond acceptors (Lipinski definition) is 2. The minimum absolute atomic E-state index is 0.246. The second-order valence-electron chi connectivity index (χ2n) is 3.31. The van der Waals surface area contributed by atoms with Crippen LogP contribution in [0.15, 0.2) is 18.2 Å². The summed E-state index contributed by atoms with van der Waals surface area (Å²) in [6, 6.07) is 1.62. The minimum Gasteiger partial charge on any atom is -0.405 e. The van der Waals surface area contributed by atoms with Gasteiger partial charge in [0.05, 0.1) is 10.9 Å². The summed E-state index contributed by atoms with van der Waals surface area (Å²) in [5.41, 5.74) is -2.02. The van der Waals surface area contributed by atoms with Gasteiger partial charge in [-0.15, -0.1) is 13.2 Å². The third-order valence-corrected chi connectivity index (χ3v) is 2.46. The minimum atomic E-state index is -5.25. The third kappa shape index (κ3) is 4.41. The highest BCUT2D eigenvalue weighted by atomic mass is 79.9. The van der Waals surface area contributed by atoms with Gasteiger partial charge in [-0.2, -0.15) is 13.2 Å². The molecule has 106 valence electrons. The molecule has 0 unspecified atom stereocenters. The number of Topliss-reactive ketones (excluding diaryl/α,β-unsaturated/α-hetero) is 1. The molecule has 0 bridgehead atoms. The number of halogens is 7. The molecule has 9 heteroatoms. The molecule has 0 saturated carbocycles. The van der Waals surface area contributed by atoms with Gasteiger partial charge in [-0.05, 0) is 18.2 Å². The Hall–Kier alpha value is -1.25. The maximum atomic E-state index is 12.6. The lowest BCUT2D eigenvalue weighted by atomic mass is 10.1. The van der Waals surface area contributed by atoms with E-state index in [9.17, 15) is 31.1 Å². The van der Waals surface area contributed by atoms with Crippen molar-refractivity contribution in [1.82, 2.24) is 0 Å². The topological polar surface area (TPSA) is 26.3 Å². The van der Waals surface area contributed by atoms with Crippen LogP contribution in [0.3, 0.4) is 0 Å². The number of carbonyl (C=O) groups is 1. The Bertz CT molecular complexity index is 480. The zero-order chi connectivity index (χ0) is 14.8. The predicted molar refractivity (Wildman–Crippen MR) is 56.3 cm³/mol. The average molecular weight is 351 g/mol. The van der Waals surface area contributed by atoms with Crippen LogP contribution >= 0.6 is 15.9 Å². The van der Waals surface area contributed by atoms with Gasteiger partial charge in [-0.3, -0.25) is 4.79 Å². The second-order valence-corrected chi connectivity index (χ2v) is 3.87. The Labute approximate surface area is 111 Å². The maximum absolute atomic E-state index is 12.6. The summed E-state index contributed by atoms with van der Waals surface area (Å²) in [5, 5.41) is -0.246. The first kappa shape index (κ1) is 15.8. The molecule has 0 saturated heterocycles. The summed E-state index contributed by atoms with van der Waals surface area (Å²) in [6.45, 7) is 0. The Morgan fingerprint density at radius 2 is 1.74 bits per heavy atom. The van der Waals surface area contributed by atoms with Gasteiger partial charge >= 0.3 is 12.5 Å². The van der Waals surface area contributed by atoms with Crippen molar-refractivity contribution >= 4 is 21.7 Å². The lowest BCUT2D eigenvalue weighted by molar-refractivity contribution is -0.276. The highest BCUT2D eigenvalue weighted by Crippen LogP contribution is 2.39. The zero-order valence-corrected chi connectivity index (χ0v) is 10.5. The van der Waals surface area contributed by atoms with Crippen LogP contribution in [-0.4, -0.2) is 17.5 Å². The normalized spacial score (nSPS) is 12.4. The standard InChI is InChI=1S/C10H5BrF6O2/c11-4-7(18)5-1-2-8(19-10(15,16)17)6(3-5)9(12,13)14/h1-3H,4H2. The van der Waals surface area contributed by atoms with Crippen molar-refractivity contribution in [1.29, 1.82) is 0 Å². The summed E-state index contributed by atoms with van der Waals surface area (Å²) >= 11 is 2.75. The SMILES string of the molecule is O=C(CBr)c1ccc(OC(F)(F)F)c(C(F)(F)F)c1. The average Bonchev–Trinajstić information content (AvgIpc) is 2.25. The smallest absolute Gasteiger partial charge is 0.405 e. The first-order valence-electron chi connectivity index (χ1n) is 4.61. The third-order valence-electron chi connectivity index (χ3n) is 1.95. The van der Waals surface area contributed by atoms with Crippen molar-refractivity contribution in [2.45, 2.75) is 12.5 Å². The summed E-state index contributed by atoms with van der Waals surface area (Å²) in [4.78, 5) is 11.2. The summed E-state index contributed by atoms with van der Waals surface area (Å²) in [5.74, 6) is -2.09. The number of rotatable bonds is 3. The number of ether oxygens (including phenoxy) is 1. The van der Waals surface area contributed by atoms with Crippen LogP contribution in [-0.2, 0) is 6.18 Å². The first-order chi connectivity index (χ1) is 8.54. The maximum Gasteiger partial charge on any atom is 0.573 e.